The van der Waals surface area contributed by atoms with Gasteiger partial charge < -0.3 is 15.3 Å². The van der Waals surface area contributed by atoms with Crippen molar-refractivity contribution in [3.8, 4) is 0 Å². The van der Waals surface area contributed by atoms with Crippen LogP contribution in [0.15, 0.2) is 0 Å². The Morgan fingerprint density at radius 1 is 1.32 bits per heavy atom. The number of amides is 2. The molecule has 2 N–H and O–H groups in total. The summed E-state index contributed by atoms with van der Waals surface area (Å²) in [5.74, 6) is -0.417. The zero-order chi connectivity index (χ0) is 13.8. The van der Waals surface area contributed by atoms with E-state index in [1.807, 2.05) is 0 Å². The number of aliphatic carboxylic acids is 1. The first-order chi connectivity index (χ1) is 9.06. The summed E-state index contributed by atoms with van der Waals surface area (Å²) in [4.78, 5) is 35.5. The summed E-state index contributed by atoms with van der Waals surface area (Å²) in [6, 6.07) is 0.0495. The minimum Gasteiger partial charge on any atom is -0.481 e. The molecule has 0 aromatic rings. The van der Waals surface area contributed by atoms with Gasteiger partial charge in [0.05, 0.1) is 5.92 Å². The molecule has 2 fully saturated rings. The van der Waals surface area contributed by atoms with E-state index in [4.69, 9.17) is 5.11 Å². The van der Waals surface area contributed by atoms with Gasteiger partial charge in [-0.15, -0.1) is 0 Å². The number of carbonyl (C=O) groups excluding carboxylic acids is 2. The molecule has 0 radical (unpaired) electrons. The van der Waals surface area contributed by atoms with E-state index in [0.29, 0.717) is 32.2 Å². The maximum atomic E-state index is 11.8. The second-order valence-electron chi connectivity index (χ2n) is 4.99. The van der Waals surface area contributed by atoms with Crippen molar-refractivity contribution in [1.82, 2.24) is 10.2 Å². The fraction of sp³-hybridized carbons (Fsp3) is 0.750. The van der Waals surface area contributed by atoms with E-state index in [-0.39, 0.29) is 29.7 Å². The van der Waals surface area contributed by atoms with Crippen molar-refractivity contribution in [2.24, 2.45) is 5.92 Å². The molecule has 2 aliphatic rings. The molecule has 0 aromatic heterocycles. The molecule has 2 amide bonds. The van der Waals surface area contributed by atoms with Crippen LogP contribution in [0.4, 0.5) is 4.79 Å². The first kappa shape index (κ1) is 14.2. The summed E-state index contributed by atoms with van der Waals surface area (Å²) in [6.45, 7) is 0.743. The standard InChI is InChI=1S/C12H18N2O4S/c15-10(7-14-5-6-19-12(14)18)13-9-3-1-8(2-4-9)11(16)17/h8-9H,1-7H2,(H,13,15)(H,16,17). The van der Waals surface area contributed by atoms with Crippen molar-refractivity contribution in [1.29, 1.82) is 0 Å². The van der Waals surface area contributed by atoms with Gasteiger partial charge in [0.25, 0.3) is 5.24 Å². The predicted molar refractivity (Wildman–Crippen MR) is 71.0 cm³/mol. The smallest absolute Gasteiger partial charge is 0.306 e. The Balaban J connectivity index is 1.71. The molecule has 0 aromatic carbocycles. The molecule has 7 heteroatoms. The highest BCUT2D eigenvalue weighted by Gasteiger charge is 2.28. The van der Waals surface area contributed by atoms with Crippen LogP contribution in [0.2, 0.25) is 0 Å². The van der Waals surface area contributed by atoms with Crippen LogP contribution in [0.3, 0.4) is 0 Å². The van der Waals surface area contributed by atoms with Gasteiger partial charge in [0.1, 0.15) is 6.54 Å². The molecule has 0 atom stereocenters. The van der Waals surface area contributed by atoms with Crippen LogP contribution in [-0.2, 0) is 9.59 Å². The van der Waals surface area contributed by atoms with Crippen molar-refractivity contribution < 1.29 is 19.5 Å². The van der Waals surface area contributed by atoms with Crippen LogP contribution in [0.25, 0.3) is 0 Å². The maximum Gasteiger partial charge on any atom is 0.306 e. The van der Waals surface area contributed by atoms with Crippen molar-refractivity contribution in [2.75, 3.05) is 18.8 Å². The Morgan fingerprint density at radius 2 is 2.00 bits per heavy atom. The van der Waals surface area contributed by atoms with Crippen LogP contribution in [0.1, 0.15) is 25.7 Å². The Kier molecular flexibility index (Phi) is 4.68. The van der Waals surface area contributed by atoms with Gasteiger partial charge in [0, 0.05) is 18.3 Å². The van der Waals surface area contributed by atoms with Gasteiger partial charge >= 0.3 is 5.97 Å². The van der Waals surface area contributed by atoms with E-state index in [0.717, 1.165) is 5.75 Å². The van der Waals surface area contributed by atoms with Crippen molar-refractivity contribution in [3.05, 3.63) is 0 Å². The number of carboxylic acid groups (broad SMARTS) is 1. The molecule has 0 bridgehead atoms. The molecule has 19 heavy (non-hydrogen) atoms. The molecule has 1 heterocycles. The molecule has 1 aliphatic carbocycles. The molecule has 2 rings (SSSR count). The molecule has 106 valence electrons. The van der Waals surface area contributed by atoms with Gasteiger partial charge in [-0.3, -0.25) is 14.4 Å². The number of hydrogen-bond donors (Lipinski definition) is 2. The highest BCUT2D eigenvalue weighted by Crippen LogP contribution is 2.24. The Bertz CT molecular complexity index is 380. The van der Waals surface area contributed by atoms with E-state index in [9.17, 15) is 14.4 Å². The lowest BCUT2D eigenvalue weighted by molar-refractivity contribution is -0.142. The van der Waals surface area contributed by atoms with E-state index in [1.54, 1.807) is 4.90 Å². The summed E-state index contributed by atoms with van der Waals surface area (Å²) >= 11 is 1.24. The molecule has 1 aliphatic heterocycles. The third-order valence-electron chi connectivity index (χ3n) is 3.62. The summed E-state index contributed by atoms with van der Waals surface area (Å²) < 4.78 is 0. The second-order valence-corrected chi connectivity index (χ2v) is 6.04. The van der Waals surface area contributed by atoms with Crippen LogP contribution >= 0.6 is 11.8 Å². The third-order valence-corrected chi connectivity index (χ3v) is 4.51. The summed E-state index contributed by atoms with van der Waals surface area (Å²) in [7, 11) is 0. The maximum absolute atomic E-state index is 11.8. The lowest BCUT2D eigenvalue weighted by atomic mass is 9.86. The van der Waals surface area contributed by atoms with Crippen LogP contribution in [0, 0.1) is 5.92 Å². The number of thioether (sulfide) groups is 1. The lowest BCUT2D eigenvalue weighted by Crippen LogP contribution is -2.44. The third kappa shape index (κ3) is 3.86. The topological polar surface area (TPSA) is 86.7 Å². The van der Waals surface area contributed by atoms with Gasteiger partial charge in [0.2, 0.25) is 5.91 Å². The average Bonchev–Trinajstić information content (AvgIpc) is 2.75. The monoisotopic (exact) mass is 286 g/mol. The number of nitrogens with zero attached hydrogens (tertiary/aromatic N) is 1. The molecule has 6 nitrogen and oxygen atoms in total. The van der Waals surface area contributed by atoms with E-state index < -0.39 is 5.97 Å². The summed E-state index contributed by atoms with van der Waals surface area (Å²) in [6.07, 6.45) is 2.62. The minimum atomic E-state index is -0.746. The van der Waals surface area contributed by atoms with Crippen molar-refractivity contribution in [2.45, 2.75) is 31.7 Å². The largest absolute Gasteiger partial charge is 0.481 e. The van der Waals surface area contributed by atoms with Gasteiger partial charge in [-0.25, -0.2) is 0 Å². The predicted octanol–water partition coefficient (Wildman–Crippen LogP) is 0.915. The van der Waals surface area contributed by atoms with E-state index in [2.05, 4.69) is 5.32 Å². The fourth-order valence-electron chi connectivity index (χ4n) is 2.50. The van der Waals surface area contributed by atoms with Gasteiger partial charge in [-0.1, -0.05) is 11.8 Å². The summed E-state index contributed by atoms with van der Waals surface area (Å²) in [5, 5.41) is 11.7. The Labute approximate surface area is 115 Å². The molecule has 0 unspecified atom stereocenters. The van der Waals surface area contributed by atoms with Gasteiger partial charge in [-0.2, -0.15) is 0 Å². The zero-order valence-electron chi connectivity index (χ0n) is 10.6. The Morgan fingerprint density at radius 3 is 2.53 bits per heavy atom. The van der Waals surface area contributed by atoms with Gasteiger partial charge in [-0.05, 0) is 25.7 Å². The molecule has 1 saturated carbocycles. The van der Waals surface area contributed by atoms with Crippen LogP contribution in [-0.4, -0.2) is 52.0 Å². The molecular formula is C12H18N2O4S. The summed E-state index contributed by atoms with van der Waals surface area (Å²) in [5.41, 5.74) is 0. The van der Waals surface area contributed by atoms with E-state index in [1.165, 1.54) is 11.8 Å². The molecule has 0 spiro atoms. The number of rotatable bonds is 4. The molecular weight excluding hydrogens is 268 g/mol. The molecule has 1 saturated heterocycles. The zero-order valence-corrected chi connectivity index (χ0v) is 11.4. The van der Waals surface area contributed by atoms with Gasteiger partial charge in [0.15, 0.2) is 0 Å². The van der Waals surface area contributed by atoms with Crippen molar-refractivity contribution >= 4 is 28.9 Å². The van der Waals surface area contributed by atoms with E-state index >= 15 is 0 Å². The SMILES string of the molecule is O=C(CN1CCSC1=O)NC1CCC(C(=O)O)CC1. The number of hydrogen-bond acceptors (Lipinski definition) is 4. The average molecular weight is 286 g/mol. The highest BCUT2D eigenvalue weighted by molar-refractivity contribution is 8.13. The fourth-order valence-corrected chi connectivity index (χ4v) is 3.33. The van der Waals surface area contributed by atoms with Crippen molar-refractivity contribution in [3.63, 3.8) is 0 Å². The quantitative estimate of drug-likeness (QED) is 0.802. The first-order valence-electron chi connectivity index (χ1n) is 6.50. The number of carboxylic acids is 1. The lowest BCUT2D eigenvalue weighted by Gasteiger charge is -2.27. The number of nitrogens with one attached hydrogen (secondary N) is 1. The minimum absolute atomic E-state index is 0.0373. The number of carbonyl (C=O) groups is 3. The first-order valence-corrected chi connectivity index (χ1v) is 7.48. The Hall–Kier alpha value is -1.24. The van der Waals surface area contributed by atoms with Crippen LogP contribution < -0.4 is 5.32 Å². The highest BCUT2D eigenvalue weighted by atomic mass is 32.2. The normalized spacial score (nSPS) is 27.4. The second kappa shape index (κ2) is 6.27. The van der Waals surface area contributed by atoms with Crippen LogP contribution in [0.5, 0.6) is 0 Å².